The molecule has 0 bridgehead atoms. The van der Waals surface area contributed by atoms with Gasteiger partial charge in [-0.15, -0.1) is 11.3 Å². The van der Waals surface area contributed by atoms with E-state index in [0.717, 1.165) is 16.0 Å². The van der Waals surface area contributed by atoms with Crippen molar-refractivity contribution in [2.45, 2.75) is 0 Å². The van der Waals surface area contributed by atoms with Crippen molar-refractivity contribution < 1.29 is 0 Å². The van der Waals surface area contributed by atoms with E-state index in [1.165, 1.54) is 26.6 Å². The van der Waals surface area contributed by atoms with E-state index in [1.807, 2.05) is 6.07 Å². The number of nitrogens with one attached hydrogen (secondary N) is 1. The van der Waals surface area contributed by atoms with Gasteiger partial charge < -0.3 is 4.98 Å². The highest BCUT2D eigenvalue weighted by atomic mass is 32.1. The molecule has 104 valence electrons. The van der Waals surface area contributed by atoms with Gasteiger partial charge in [0.2, 0.25) is 0 Å². The van der Waals surface area contributed by atoms with E-state index < -0.39 is 0 Å². The molecular formula is C19H12N2S. The highest BCUT2D eigenvalue weighted by molar-refractivity contribution is 7.21. The summed E-state index contributed by atoms with van der Waals surface area (Å²) in [5, 5.41) is 3.55. The molecule has 2 nitrogen and oxygen atoms in total. The van der Waals surface area contributed by atoms with E-state index in [2.05, 4.69) is 65.6 Å². The number of hydrogen-bond acceptors (Lipinski definition) is 2. The summed E-state index contributed by atoms with van der Waals surface area (Å²) >= 11 is 1.75. The molecule has 0 aliphatic carbocycles. The molecule has 3 aromatic carbocycles. The first kappa shape index (κ1) is 12.0. The summed E-state index contributed by atoms with van der Waals surface area (Å²) < 4.78 is 1.23. The fourth-order valence-corrected chi connectivity index (χ4v) is 4.01. The molecule has 0 atom stereocenters. The summed E-state index contributed by atoms with van der Waals surface area (Å²) in [4.78, 5) is 8.42. The van der Waals surface area contributed by atoms with Crippen LogP contribution in [0.4, 0.5) is 0 Å². The molecule has 22 heavy (non-hydrogen) atoms. The highest BCUT2D eigenvalue weighted by Crippen LogP contribution is 2.37. The van der Waals surface area contributed by atoms with Crippen molar-refractivity contribution in [2.24, 2.45) is 0 Å². The van der Waals surface area contributed by atoms with Crippen LogP contribution in [0.1, 0.15) is 0 Å². The monoisotopic (exact) mass is 300 g/mol. The summed E-state index contributed by atoms with van der Waals surface area (Å²) in [5.74, 6) is 0. The smallest absolute Gasteiger partial charge is 0.124 e. The normalized spacial score (nSPS) is 11.6. The third-order valence-electron chi connectivity index (χ3n) is 4.05. The molecule has 0 spiro atoms. The number of benzene rings is 3. The first-order chi connectivity index (χ1) is 10.9. The molecule has 3 heteroatoms. The fraction of sp³-hybridized carbons (Fsp3) is 0. The molecule has 0 aliphatic heterocycles. The van der Waals surface area contributed by atoms with Gasteiger partial charge in [0.25, 0.3) is 0 Å². The SMILES string of the molecule is c1ccc(-c2nc3c(ccc4[nH]c5ccccc5c43)s2)cc1. The van der Waals surface area contributed by atoms with Crippen LogP contribution in [-0.4, -0.2) is 9.97 Å². The Morgan fingerprint density at radius 2 is 1.59 bits per heavy atom. The van der Waals surface area contributed by atoms with E-state index in [1.54, 1.807) is 11.3 Å². The minimum absolute atomic E-state index is 1.08. The van der Waals surface area contributed by atoms with Crippen LogP contribution in [0, 0.1) is 0 Å². The van der Waals surface area contributed by atoms with Crippen molar-refractivity contribution in [1.29, 1.82) is 0 Å². The predicted molar refractivity (Wildman–Crippen MR) is 94.4 cm³/mol. The van der Waals surface area contributed by atoms with Crippen molar-refractivity contribution >= 4 is 43.4 Å². The lowest BCUT2D eigenvalue weighted by atomic mass is 10.1. The average Bonchev–Trinajstić information content (AvgIpc) is 3.16. The van der Waals surface area contributed by atoms with Crippen LogP contribution >= 0.6 is 11.3 Å². The number of para-hydroxylation sites is 1. The van der Waals surface area contributed by atoms with Crippen LogP contribution < -0.4 is 0 Å². The number of aromatic nitrogens is 2. The second-order valence-electron chi connectivity index (χ2n) is 5.39. The number of nitrogens with zero attached hydrogens (tertiary/aromatic N) is 1. The van der Waals surface area contributed by atoms with Gasteiger partial charge in [0.1, 0.15) is 5.01 Å². The third-order valence-corrected chi connectivity index (χ3v) is 5.12. The summed E-state index contributed by atoms with van der Waals surface area (Å²) in [5.41, 5.74) is 4.59. The third kappa shape index (κ3) is 1.63. The zero-order chi connectivity index (χ0) is 14.5. The lowest BCUT2D eigenvalue weighted by Crippen LogP contribution is -1.75. The lowest BCUT2D eigenvalue weighted by molar-refractivity contribution is 1.49. The van der Waals surface area contributed by atoms with Crippen molar-refractivity contribution in [3.63, 3.8) is 0 Å². The number of aromatic amines is 1. The second kappa shape index (κ2) is 4.42. The molecular weight excluding hydrogens is 288 g/mol. The summed E-state index contributed by atoms with van der Waals surface area (Å²) in [7, 11) is 0. The Kier molecular flexibility index (Phi) is 2.40. The zero-order valence-electron chi connectivity index (χ0n) is 11.7. The van der Waals surface area contributed by atoms with Gasteiger partial charge in [-0.2, -0.15) is 0 Å². The summed E-state index contributed by atoms with van der Waals surface area (Å²) in [6.07, 6.45) is 0. The minimum atomic E-state index is 1.08. The lowest BCUT2D eigenvalue weighted by Gasteiger charge is -1.93. The quantitative estimate of drug-likeness (QED) is 0.429. The number of rotatable bonds is 1. The number of hydrogen-bond donors (Lipinski definition) is 1. The Bertz CT molecular complexity index is 1120. The second-order valence-corrected chi connectivity index (χ2v) is 6.42. The molecule has 0 radical (unpaired) electrons. The maximum absolute atomic E-state index is 4.93. The topological polar surface area (TPSA) is 28.7 Å². The standard InChI is InChI=1S/C19H12N2S/c1-2-6-12(7-3-1)19-21-18-16(22-19)11-10-15-17(18)13-8-4-5-9-14(13)20-15/h1-11,20H. The van der Waals surface area contributed by atoms with E-state index >= 15 is 0 Å². The van der Waals surface area contributed by atoms with E-state index in [-0.39, 0.29) is 0 Å². The van der Waals surface area contributed by atoms with Crippen LogP contribution in [0.25, 0.3) is 42.6 Å². The molecule has 0 saturated heterocycles. The van der Waals surface area contributed by atoms with Crippen LogP contribution in [0.2, 0.25) is 0 Å². The molecule has 1 N–H and O–H groups in total. The van der Waals surface area contributed by atoms with E-state index in [9.17, 15) is 0 Å². The fourth-order valence-electron chi connectivity index (χ4n) is 3.03. The minimum Gasteiger partial charge on any atom is -0.354 e. The Hall–Kier alpha value is -2.65. The first-order valence-corrected chi connectivity index (χ1v) is 8.07. The molecule has 5 rings (SSSR count). The molecule has 0 amide bonds. The zero-order valence-corrected chi connectivity index (χ0v) is 12.5. The van der Waals surface area contributed by atoms with E-state index in [4.69, 9.17) is 4.98 Å². The number of H-pyrrole nitrogens is 1. The largest absolute Gasteiger partial charge is 0.354 e. The van der Waals surface area contributed by atoms with E-state index in [0.29, 0.717) is 0 Å². The molecule has 5 aromatic rings. The van der Waals surface area contributed by atoms with Crippen LogP contribution in [0.5, 0.6) is 0 Å². The Morgan fingerprint density at radius 1 is 0.773 bits per heavy atom. The van der Waals surface area contributed by atoms with Crippen molar-refractivity contribution in [3.8, 4) is 10.6 Å². The van der Waals surface area contributed by atoms with Crippen LogP contribution in [-0.2, 0) is 0 Å². The Labute approximate surface area is 131 Å². The van der Waals surface area contributed by atoms with Gasteiger partial charge in [-0.3, -0.25) is 0 Å². The first-order valence-electron chi connectivity index (χ1n) is 7.25. The predicted octanol–water partition coefficient (Wildman–Crippen LogP) is 5.60. The maximum Gasteiger partial charge on any atom is 0.124 e. The number of fused-ring (bicyclic) bond motifs is 5. The van der Waals surface area contributed by atoms with Gasteiger partial charge >= 0.3 is 0 Å². The van der Waals surface area contributed by atoms with Crippen LogP contribution in [0.3, 0.4) is 0 Å². The van der Waals surface area contributed by atoms with Gasteiger partial charge in [0.05, 0.1) is 10.2 Å². The molecule has 2 aromatic heterocycles. The van der Waals surface area contributed by atoms with Gasteiger partial charge in [-0.05, 0) is 18.2 Å². The summed E-state index contributed by atoms with van der Waals surface area (Å²) in [6.45, 7) is 0. The molecule has 0 saturated carbocycles. The maximum atomic E-state index is 4.93. The van der Waals surface area contributed by atoms with Gasteiger partial charge in [0, 0.05) is 27.4 Å². The average molecular weight is 300 g/mol. The Balaban J connectivity index is 1.90. The van der Waals surface area contributed by atoms with Gasteiger partial charge in [-0.1, -0.05) is 48.5 Å². The highest BCUT2D eigenvalue weighted by Gasteiger charge is 2.12. The van der Waals surface area contributed by atoms with Crippen molar-refractivity contribution in [1.82, 2.24) is 9.97 Å². The molecule has 0 aliphatic rings. The Morgan fingerprint density at radius 3 is 2.50 bits per heavy atom. The van der Waals surface area contributed by atoms with Gasteiger partial charge in [-0.25, -0.2) is 4.98 Å². The molecule has 0 fully saturated rings. The van der Waals surface area contributed by atoms with Crippen LogP contribution in [0.15, 0.2) is 66.7 Å². The molecule has 2 heterocycles. The van der Waals surface area contributed by atoms with Crippen molar-refractivity contribution in [3.05, 3.63) is 66.7 Å². The molecule has 0 unspecified atom stereocenters. The number of thiazole rings is 1. The van der Waals surface area contributed by atoms with Crippen molar-refractivity contribution in [2.75, 3.05) is 0 Å². The van der Waals surface area contributed by atoms with Gasteiger partial charge in [0.15, 0.2) is 0 Å². The summed E-state index contributed by atoms with van der Waals surface area (Å²) in [6, 6.07) is 23.1.